The quantitative estimate of drug-likeness (QED) is 0.671. The van der Waals surface area contributed by atoms with Gasteiger partial charge < -0.3 is 10.6 Å². The summed E-state index contributed by atoms with van der Waals surface area (Å²) in [5.41, 5.74) is 2.79. The van der Waals surface area contributed by atoms with E-state index in [4.69, 9.17) is 11.6 Å². The molecule has 3 aromatic rings. The fraction of sp³-hybridized carbons (Fsp3) is 0.0952. The topological polar surface area (TPSA) is 71.1 Å². The number of halogens is 2. The minimum Gasteiger partial charge on any atom is -0.347 e. The lowest BCUT2D eigenvalue weighted by Crippen LogP contribution is -2.24. The highest BCUT2D eigenvalue weighted by molar-refractivity contribution is 6.31. The Kier molecular flexibility index (Phi) is 6.01. The van der Waals surface area contributed by atoms with Gasteiger partial charge in [-0.2, -0.15) is 0 Å². The van der Waals surface area contributed by atoms with Gasteiger partial charge in [-0.15, -0.1) is 0 Å². The van der Waals surface area contributed by atoms with Crippen LogP contribution >= 0.6 is 11.6 Å². The van der Waals surface area contributed by atoms with Crippen LogP contribution in [0.25, 0.3) is 0 Å². The summed E-state index contributed by atoms with van der Waals surface area (Å²) in [5, 5.41) is 5.31. The molecule has 0 aliphatic carbocycles. The molecule has 0 bridgehead atoms. The molecule has 7 heteroatoms. The first-order valence-electron chi connectivity index (χ1n) is 8.49. The Labute approximate surface area is 166 Å². The summed E-state index contributed by atoms with van der Waals surface area (Å²) in [5.74, 6) is -1.42. The second-order valence-corrected chi connectivity index (χ2v) is 6.53. The SMILES string of the molecule is Cc1ccccc1CNC(=O)c1cc(C(=O)Nc2ccc(F)c(Cl)c2)ccn1. The van der Waals surface area contributed by atoms with Crippen LogP contribution in [-0.2, 0) is 6.54 Å². The molecule has 2 aromatic carbocycles. The zero-order valence-electron chi connectivity index (χ0n) is 15.0. The highest BCUT2D eigenvalue weighted by Crippen LogP contribution is 2.20. The second kappa shape index (κ2) is 8.63. The van der Waals surface area contributed by atoms with E-state index in [1.54, 1.807) is 0 Å². The van der Waals surface area contributed by atoms with Crippen LogP contribution < -0.4 is 10.6 Å². The number of hydrogen-bond donors (Lipinski definition) is 2. The van der Waals surface area contributed by atoms with E-state index in [0.717, 1.165) is 17.2 Å². The Balaban J connectivity index is 1.68. The molecular formula is C21H17ClFN3O2. The molecule has 0 atom stereocenters. The molecule has 0 saturated heterocycles. The van der Waals surface area contributed by atoms with Gasteiger partial charge in [0.1, 0.15) is 11.5 Å². The van der Waals surface area contributed by atoms with Crippen LogP contribution in [0.1, 0.15) is 32.0 Å². The predicted octanol–water partition coefficient (Wildman–Crippen LogP) is 4.36. The first-order chi connectivity index (χ1) is 13.4. The van der Waals surface area contributed by atoms with E-state index in [1.165, 1.54) is 30.5 Å². The van der Waals surface area contributed by atoms with Crippen molar-refractivity contribution >= 4 is 29.1 Å². The van der Waals surface area contributed by atoms with E-state index in [9.17, 15) is 14.0 Å². The van der Waals surface area contributed by atoms with Crippen molar-refractivity contribution in [3.63, 3.8) is 0 Å². The van der Waals surface area contributed by atoms with Gasteiger partial charge >= 0.3 is 0 Å². The molecule has 0 aliphatic rings. The van der Waals surface area contributed by atoms with Gasteiger partial charge in [-0.1, -0.05) is 35.9 Å². The van der Waals surface area contributed by atoms with Crippen LogP contribution in [0, 0.1) is 12.7 Å². The monoisotopic (exact) mass is 397 g/mol. The van der Waals surface area contributed by atoms with Gasteiger partial charge in [0.15, 0.2) is 0 Å². The van der Waals surface area contributed by atoms with Gasteiger partial charge in [-0.05, 0) is 48.4 Å². The third kappa shape index (κ3) is 4.72. The van der Waals surface area contributed by atoms with Crippen molar-refractivity contribution in [3.8, 4) is 0 Å². The van der Waals surface area contributed by atoms with Gasteiger partial charge in [0.25, 0.3) is 11.8 Å². The lowest BCUT2D eigenvalue weighted by atomic mass is 10.1. The largest absolute Gasteiger partial charge is 0.347 e. The molecule has 5 nitrogen and oxygen atoms in total. The first-order valence-corrected chi connectivity index (χ1v) is 8.87. The number of amides is 2. The zero-order valence-corrected chi connectivity index (χ0v) is 15.8. The Morgan fingerprint density at radius 2 is 1.86 bits per heavy atom. The molecule has 2 N–H and O–H groups in total. The summed E-state index contributed by atoms with van der Waals surface area (Å²) >= 11 is 5.72. The fourth-order valence-electron chi connectivity index (χ4n) is 2.55. The zero-order chi connectivity index (χ0) is 20.1. The van der Waals surface area contributed by atoms with E-state index < -0.39 is 11.7 Å². The van der Waals surface area contributed by atoms with Crippen LogP contribution in [0.2, 0.25) is 5.02 Å². The van der Waals surface area contributed by atoms with Gasteiger partial charge in [0.05, 0.1) is 5.02 Å². The number of carbonyl (C=O) groups excluding carboxylic acids is 2. The maximum Gasteiger partial charge on any atom is 0.270 e. The number of aromatic nitrogens is 1. The Morgan fingerprint density at radius 3 is 2.61 bits per heavy atom. The molecule has 1 aromatic heterocycles. The molecule has 0 saturated carbocycles. The van der Waals surface area contributed by atoms with Crippen LogP contribution in [0.15, 0.2) is 60.8 Å². The predicted molar refractivity (Wildman–Crippen MR) is 106 cm³/mol. The summed E-state index contributed by atoms with van der Waals surface area (Å²) in [7, 11) is 0. The van der Waals surface area contributed by atoms with Gasteiger partial charge in [-0.25, -0.2) is 4.39 Å². The summed E-state index contributed by atoms with van der Waals surface area (Å²) in [4.78, 5) is 28.8. The van der Waals surface area contributed by atoms with Crippen molar-refractivity contribution in [2.45, 2.75) is 13.5 Å². The average molecular weight is 398 g/mol. The van der Waals surface area contributed by atoms with E-state index in [-0.39, 0.29) is 22.2 Å². The van der Waals surface area contributed by atoms with Crippen molar-refractivity contribution < 1.29 is 14.0 Å². The highest BCUT2D eigenvalue weighted by atomic mass is 35.5. The second-order valence-electron chi connectivity index (χ2n) is 6.12. The van der Waals surface area contributed by atoms with Crippen molar-refractivity contribution in [3.05, 3.63) is 94.0 Å². The number of nitrogens with zero attached hydrogens (tertiary/aromatic N) is 1. The number of benzene rings is 2. The third-order valence-corrected chi connectivity index (χ3v) is 4.42. The molecule has 0 radical (unpaired) electrons. The molecule has 0 fully saturated rings. The standard InChI is InChI=1S/C21H17ClFN3O2/c1-13-4-2-3-5-15(13)12-25-21(28)19-10-14(8-9-24-19)20(27)26-16-6-7-18(23)17(22)11-16/h2-11H,12H2,1H3,(H,25,28)(H,26,27). The molecule has 2 amide bonds. The molecule has 0 spiro atoms. The number of carbonyl (C=O) groups is 2. The molecule has 1 heterocycles. The molecule has 0 unspecified atom stereocenters. The van der Waals surface area contributed by atoms with Crippen LogP contribution in [0.4, 0.5) is 10.1 Å². The maximum atomic E-state index is 13.2. The van der Waals surface area contributed by atoms with Crippen molar-refractivity contribution in [2.75, 3.05) is 5.32 Å². The minimum atomic E-state index is -0.573. The summed E-state index contributed by atoms with van der Waals surface area (Å²) in [6.45, 7) is 2.32. The van der Waals surface area contributed by atoms with Gasteiger partial charge in [0.2, 0.25) is 0 Å². The lowest BCUT2D eigenvalue weighted by Gasteiger charge is -2.09. The minimum absolute atomic E-state index is 0.0937. The van der Waals surface area contributed by atoms with Crippen LogP contribution in [0.3, 0.4) is 0 Å². The number of anilines is 1. The normalized spacial score (nSPS) is 10.4. The number of nitrogens with one attached hydrogen (secondary N) is 2. The molecule has 142 valence electrons. The van der Waals surface area contributed by atoms with E-state index >= 15 is 0 Å². The van der Waals surface area contributed by atoms with E-state index in [1.807, 2.05) is 31.2 Å². The Hall–Kier alpha value is -3.25. The van der Waals surface area contributed by atoms with E-state index in [0.29, 0.717) is 12.2 Å². The molecule has 3 rings (SSSR count). The lowest BCUT2D eigenvalue weighted by molar-refractivity contribution is 0.0946. The number of rotatable bonds is 5. The first kappa shape index (κ1) is 19.5. The molecular weight excluding hydrogens is 381 g/mol. The summed E-state index contributed by atoms with van der Waals surface area (Å²) in [6.07, 6.45) is 1.38. The average Bonchev–Trinajstić information content (AvgIpc) is 2.70. The Bertz CT molecular complexity index is 1040. The van der Waals surface area contributed by atoms with Gasteiger partial charge in [0, 0.05) is 24.0 Å². The number of hydrogen-bond acceptors (Lipinski definition) is 3. The smallest absolute Gasteiger partial charge is 0.270 e. The van der Waals surface area contributed by atoms with Crippen molar-refractivity contribution in [1.82, 2.24) is 10.3 Å². The summed E-state index contributed by atoms with van der Waals surface area (Å²) < 4.78 is 13.2. The van der Waals surface area contributed by atoms with E-state index in [2.05, 4.69) is 15.6 Å². The number of pyridine rings is 1. The third-order valence-electron chi connectivity index (χ3n) is 4.13. The van der Waals surface area contributed by atoms with Crippen LogP contribution in [0.5, 0.6) is 0 Å². The summed E-state index contributed by atoms with van der Waals surface area (Å²) in [6, 6.07) is 14.5. The highest BCUT2D eigenvalue weighted by Gasteiger charge is 2.13. The fourth-order valence-corrected chi connectivity index (χ4v) is 2.73. The van der Waals surface area contributed by atoms with Crippen molar-refractivity contribution in [1.29, 1.82) is 0 Å². The van der Waals surface area contributed by atoms with Gasteiger partial charge in [-0.3, -0.25) is 14.6 Å². The number of aryl methyl sites for hydroxylation is 1. The molecule has 0 aliphatic heterocycles. The Morgan fingerprint density at radius 1 is 1.07 bits per heavy atom. The van der Waals surface area contributed by atoms with Crippen molar-refractivity contribution in [2.24, 2.45) is 0 Å². The maximum absolute atomic E-state index is 13.2. The molecule has 28 heavy (non-hydrogen) atoms. The van der Waals surface area contributed by atoms with Crippen LogP contribution in [-0.4, -0.2) is 16.8 Å².